The van der Waals surface area contributed by atoms with E-state index in [1.807, 2.05) is 29.3 Å². The van der Waals surface area contributed by atoms with Gasteiger partial charge in [-0.2, -0.15) is 0 Å². The smallest absolute Gasteiger partial charge is 0.256 e. The lowest BCUT2D eigenvalue weighted by Gasteiger charge is -2.24. The molecule has 19 heavy (non-hydrogen) atoms. The molecule has 0 bridgehead atoms. The van der Waals surface area contributed by atoms with Crippen LogP contribution in [0.25, 0.3) is 0 Å². The Kier molecular flexibility index (Phi) is 3.38. The van der Waals surface area contributed by atoms with Gasteiger partial charge < -0.3 is 9.88 Å². The molecule has 0 spiro atoms. The summed E-state index contributed by atoms with van der Waals surface area (Å²) >= 11 is 3.35. The van der Waals surface area contributed by atoms with Gasteiger partial charge in [0.25, 0.3) is 5.91 Å². The van der Waals surface area contributed by atoms with Crippen molar-refractivity contribution in [1.29, 1.82) is 0 Å². The van der Waals surface area contributed by atoms with Crippen LogP contribution < -0.4 is 0 Å². The van der Waals surface area contributed by atoms with E-state index in [4.69, 9.17) is 0 Å². The molecule has 0 aromatic carbocycles. The first-order valence-electron chi connectivity index (χ1n) is 6.30. The molecule has 0 saturated carbocycles. The summed E-state index contributed by atoms with van der Waals surface area (Å²) in [6.45, 7) is 0.801. The number of aromatic nitrogens is 2. The van der Waals surface area contributed by atoms with Crippen molar-refractivity contribution >= 4 is 21.8 Å². The molecule has 1 amide bonds. The lowest BCUT2D eigenvalue weighted by Crippen LogP contribution is -2.30. The van der Waals surface area contributed by atoms with Crippen LogP contribution in [-0.4, -0.2) is 27.3 Å². The fourth-order valence-corrected chi connectivity index (χ4v) is 2.94. The molecule has 2 aromatic rings. The van der Waals surface area contributed by atoms with Crippen molar-refractivity contribution < 1.29 is 4.79 Å². The molecular formula is C14H14BrN3O. The third-order valence-corrected chi connectivity index (χ3v) is 3.88. The fourth-order valence-electron chi connectivity index (χ4n) is 2.58. The van der Waals surface area contributed by atoms with Gasteiger partial charge in [0.15, 0.2) is 0 Å². The van der Waals surface area contributed by atoms with Crippen molar-refractivity contribution in [2.45, 2.75) is 18.9 Å². The van der Waals surface area contributed by atoms with Gasteiger partial charge in [0, 0.05) is 35.3 Å². The van der Waals surface area contributed by atoms with Crippen molar-refractivity contribution in [2.75, 3.05) is 6.54 Å². The first-order valence-corrected chi connectivity index (χ1v) is 7.10. The zero-order chi connectivity index (χ0) is 13.2. The largest absolute Gasteiger partial charge is 0.363 e. The van der Waals surface area contributed by atoms with E-state index in [-0.39, 0.29) is 11.9 Å². The predicted molar refractivity (Wildman–Crippen MR) is 75.7 cm³/mol. The predicted octanol–water partition coefficient (Wildman–Crippen LogP) is 3.15. The van der Waals surface area contributed by atoms with Gasteiger partial charge in [0.2, 0.25) is 0 Å². The van der Waals surface area contributed by atoms with Gasteiger partial charge >= 0.3 is 0 Å². The second-order valence-electron chi connectivity index (χ2n) is 4.67. The second-order valence-corrected chi connectivity index (χ2v) is 5.59. The van der Waals surface area contributed by atoms with E-state index in [1.54, 1.807) is 12.4 Å². The van der Waals surface area contributed by atoms with Gasteiger partial charge in [-0.1, -0.05) is 0 Å². The molecule has 5 heteroatoms. The van der Waals surface area contributed by atoms with E-state index >= 15 is 0 Å². The highest BCUT2D eigenvalue weighted by Crippen LogP contribution is 2.32. The van der Waals surface area contributed by atoms with E-state index in [1.165, 1.54) is 0 Å². The van der Waals surface area contributed by atoms with Gasteiger partial charge in [0.05, 0.1) is 11.6 Å². The highest BCUT2D eigenvalue weighted by molar-refractivity contribution is 9.10. The Labute approximate surface area is 120 Å². The van der Waals surface area contributed by atoms with Crippen molar-refractivity contribution in [1.82, 2.24) is 14.9 Å². The molecule has 3 rings (SSSR count). The first-order chi connectivity index (χ1) is 9.25. The zero-order valence-corrected chi connectivity index (χ0v) is 11.9. The van der Waals surface area contributed by atoms with E-state index < -0.39 is 0 Å². The van der Waals surface area contributed by atoms with Crippen molar-refractivity contribution in [2.24, 2.45) is 0 Å². The maximum Gasteiger partial charge on any atom is 0.256 e. The van der Waals surface area contributed by atoms with E-state index in [2.05, 4.69) is 25.9 Å². The molecule has 0 radical (unpaired) electrons. The topological polar surface area (TPSA) is 49.0 Å². The molecule has 1 aliphatic heterocycles. The van der Waals surface area contributed by atoms with Crippen LogP contribution in [0.2, 0.25) is 0 Å². The van der Waals surface area contributed by atoms with Crippen LogP contribution in [0.3, 0.4) is 0 Å². The average Bonchev–Trinajstić information content (AvgIpc) is 3.08. The lowest BCUT2D eigenvalue weighted by molar-refractivity contribution is 0.0732. The molecule has 98 valence electrons. The minimum absolute atomic E-state index is 0.0471. The third kappa shape index (κ3) is 2.42. The van der Waals surface area contributed by atoms with Crippen LogP contribution in [0.5, 0.6) is 0 Å². The number of nitrogens with one attached hydrogen (secondary N) is 1. The summed E-state index contributed by atoms with van der Waals surface area (Å²) in [5, 5.41) is 0. The number of likely N-dealkylation sites (tertiary alicyclic amines) is 1. The number of carbonyl (C=O) groups excluding carboxylic acids is 1. The standard InChI is InChI=1S/C14H14BrN3O/c15-11-7-10(8-16-9-11)14(19)18-6-2-4-13(18)12-3-1-5-17-12/h1,3,5,7-9,13,17H,2,4,6H2. The van der Waals surface area contributed by atoms with Crippen LogP contribution in [-0.2, 0) is 0 Å². The summed E-state index contributed by atoms with van der Waals surface area (Å²) in [5.41, 5.74) is 1.74. The van der Waals surface area contributed by atoms with Gasteiger partial charge in [-0.25, -0.2) is 0 Å². The van der Waals surface area contributed by atoms with E-state index in [0.29, 0.717) is 5.56 Å². The number of H-pyrrole nitrogens is 1. The molecule has 3 heterocycles. The van der Waals surface area contributed by atoms with Crippen molar-refractivity contribution in [3.8, 4) is 0 Å². The Balaban J connectivity index is 1.87. The highest BCUT2D eigenvalue weighted by Gasteiger charge is 2.31. The number of amides is 1. The molecule has 1 atom stereocenters. The normalized spacial score (nSPS) is 18.8. The minimum atomic E-state index is 0.0471. The summed E-state index contributed by atoms with van der Waals surface area (Å²) in [6, 6.07) is 5.98. The lowest BCUT2D eigenvalue weighted by atomic mass is 10.1. The molecular weight excluding hydrogens is 306 g/mol. The van der Waals surface area contributed by atoms with Crippen molar-refractivity contribution in [3.05, 3.63) is 52.5 Å². The van der Waals surface area contributed by atoms with E-state index in [9.17, 15) is 4.79 Å². The third-order valence-electron chi connectivity index (χ3n) is 3.45. The Morgan fingerprint density at radius 3 is 3.11 bits per heavy atom. The number of nitrogens with zero attached hydrogens (tertiary/aromatic N) is 2. The van der Waals surface area contributed by atoms with Crippen LogP contribution in [0.15, 0.2) is 41.3 Å². The number of rotatable bonds is 2. The molecule has 2 aromatic heterocycles. The molecule has 1 aliphatic rings. The van der Waals surface area contributed by atoms with Gasteiger partial charge in [-0.15, -0.1) is 0 Å². The number of carbonyl (C=O) groups is 1. The van der Waals surface area contributed by atoms with Gasteiger partial charge in [-0.3, -0.25) is 9.78 Å². The summed E-state index contributed by atoms with van der Waals surface area (Å²) in [7, 11) is 0. The molecule has 4 nitrogen and oxygen atoms in total. The molecule has 1 fully saturated rings. The molecule has 1 saturated heterocycles. The van der Waals surface area contributed by atoms with Gasteiger partial charge in [-0.05, 0) is 47.0 Å². The Morgan fingerprint density at radius 1 is 1.47 bits per heavy atom. The van der Waals surface area contributed by atoms with Gasteiger partial charge in [0.1, 0.15) is 0 Å². The maximum absolute atomic E-state index is 12.6. The summed E-state index contributed by atoms with van der Waals surface area (Å²) in [5.74, 6) is 0.0471. The summed E-state index contributed by atoms with van der Waals surface area (Å²) < 4.78 is 0.828. The molecule has 1 N–H and O–H groups in total. The Hall–Kier alpha value is -1.62. The number of hydrogen-bond acceptors (Lipinski definition) is 2. The summed E-state index contributed by atoms with van der Waals surface area (Å²) in [6.07, 6.45) is 7.25. The average molecular weight is 320 g/mol. The Bertz CT molecular complexity index is 582. The minimum Gasteiger partial charge on any atom is -0.363 e. The number of aromatic amines is 1. The van der Waals surface area contributed by atoms with Crippen LogP contribution in [0.1, 0.15) is 34.9 Å². The first kappa shape index (κ1) is 12.4. The summed E-state index contributed by atoms with van der Waals surface area (Å²) in [4.78, 5) is 21.8. The number of hydrogen-bond donors (Lipinski definition) is 1. The molecule has 0 aliphatic carbocycles. The molecule has 1 unspecified atom stereocenters. The van der Waals surface area contributed by atoms with Crippen molar-refractivity contribution in [3.63, 3.8) is 0 Å². The van der Waals surface area contributed by atoms with Crippen LogP contribution in [0, 0.1) is 0 Å². The fraction of sp³-hybridized carbons (Fsp3) is 0.286. The highest BCUT2D eigenvalue weighted by atomic mass is 79.9. The quantitative estimate of drug-likeness (QED) is 0.924. The monoisotopic (exact) mass is 319 g/mol. The second kappa shape index (κ2) is 5.17. The zero-order valence-electron chi connectivity index (χ0n) is 10.3. The Morgan fingerprint density at radius 2 is 2.37 bits per heavy atom. The maximum atomic E-state index is 12.6. The van der Waals surface area contributed by atoms with E-state index in [0.717, 1.165) is 29.6 Å². The van der Waals surface area contributed by atoms with Crippen LogP contribution >= 0.6 is 15.9 Å². The number of halogens is 1. The van der Waals surface area contributed by atoms with Crippen LogP contribution in [0.4, 0.5) is 0 Å². The SMILES string of the molecule is O=C(c1cncc(Br)c1)N1CCCC1c1ccc[nH]1. The number of pyridine rings is 1.